The highest BCUT2D eigenvalue weighted by atomic mass is 16.2. The van der Waals surface area contributed by atoms with Gasteiger partial charge in [-0.25, -0.2) is 0 Å². The van der Waals surface area contributed by atoms with Gasteiger partial charge >= 0.3 is 0 Å². The van der Waals surface area contributed by atoms with Crippen molar-refractivity contribution in [3.8, 4) is 0 Å². The fraction of sp³-hybridized carbons (Fsp3) is 0.636. The minimum atomic E-state index is 0.0186. The fourth-order valence-corrected chi connectivity index (χ4v) is 4.24. The van der Waals surface area contributed by atoms with Crippen LogP contribution < -0.4 is 10.6 Å². The van der Waals surface area contributed by atoms with E-state index in [-0.39, 0.29) is 23.9 Å². The van der Waals surface area contributed by atoms with Gasteiger partial charge < -0.3 is 10.6 Å². The molecule has 2 unspecified atom stereocenters. The van der Waals surface area contributed by atoms with E-state index < -0.39 is 0 Å². The fourth-order valence-electron chi connectivity index (χ4n) is 4.24. The Balaban J connectivity index is 1.50. The van der Waals surface area contributed by atoms with Crippen molar-refractivity contribution in [3.05, 3.63) is 34.9 Å². The number of carbonyl (C=O) groups is 2. The van der Waals surface area contributed by atoms with Crippen molar-refractivity contribution >= 4 is 11.8 Å². The summed E-state index contributed by atoms with van der Waals surface area (Å²) in [7, 11) is 0. The molecule has 27 heavy (non-hydrogen) atoms. The summed E-state index contributed by atoms with van der Waals surface area (Å²) in [5.74, 6) is 0.148. The number of piperidine rings is 1. The molecule has 1 heterocycles. The summed E-state index contributed by atoms with van der Waals surface area (Å²) in [4.78, 5) is 26.3. The second-order valence-corrected chi connectivity index (χ2v) is 8.02. The van der Waals surface area contributed by atoms with E-state index in [4.69, 9.17) is 0 Å². The minimum absolute atomic E-state index is 0.0186. The zero-order valence-electron chi connectivity index (χ0n) is 16.7. The predicted molar refractivity (Wildman–Crippen MR) is 108 cm³/mol. The molecule has 0 aromatic heterocycles. The number of aryl methyl sites for hydroxylation is 2. The largest absolute Gasteiger partial charge is 0.352 e. The maximum Gasteiger partial charge on any atom is 0.234 e. The lowest BCUT2D eigenvalue weighted by atomic mass is 9.89. The Bertz CT molecular complexity index is 674. The molecule has 148 valence electrons. The second-order valence-electron chi connectivity index (χ2n) is 8.02. The summed E-state index contributed by atoms with van der Waals surface area (Å²) in [6.07, 6.45) is 7.41. The Labute approximate surface area is 162 Å². The molecule has 1 aliphatic heterocycles. The van der Waals surface area contributed by atoms with Crippen molar-refractivity contribution in [3.63, 3.8) is 0 Å². The first-order valence-corrected chi connectivity index (χ1v) is 10.5. The molecule has 1 aromatic carbocycles. The lowest BCUT2D eigenvalue weighted by Gasteiger charge is -2.33. The van der Waals surface area contributed by atoms with Crippen LogP contribution in [0, 0.1) is 0 Å². The maximum absolute atomic E-state index is 12.5. The van der Waals surface area contributed by atoms with Crippen molar-refractivity contribution in [2.75, 3.05) is 19.6 Å². The predicted octanol–water partition coefficient (Wildman–Crippen LogP) is 2.73. The number of amides is 2. The number of fused-ring (bicyclic) bond motifs is 1. The number of nitrogens with one attached hydrogen (secondary N) is 2. The molecule has 0 radical (unpaired) electrons. The number of hydrogen-bond acceptors (Lipinski definition) is 3. The van der Waals surface area contributed by atoms with Crippen LogP contribution in [0.4, 0.5) is 0 Å². The Kier molecular flexibility index (Phi) is 6.89. The van der Waals surface area contributed by atoms with Crippen molar-refractivity contribution in [2.24, 2.45) is 0 Å². The Morgan fingerprint density at radius 2 is 1.93 bits per heavy atom. The summed E-state index contributed by atoms with van der Waals surface area (Å²) in [5, 5.41) is 6.20. The molecule has 1 saturated heterocycles. The average Bonchev–Trinajstić information content (AvgIpc) is 2.67. The number of benzene rings is 1. The molecule has 1 aliphatic carbocycles. The van der Waals surface area contributed by atoms with Crippen LogP contribution in [0.2, 0.25) is 0 Å². The lowest BCUT2D eigenvalue weighted by Crippen LogP contribution is -2.50. The first-order valence-electron chi connectivity index (χ1n) is 10.5. The van der Waals surface area contributed by atoms with E-state index in [1.165, 1.54) is 36.0 Å². The third kappa shape index (κ3) is 5.55. The number of hydrogen-bond donors (Lipinski definition) is 2. The highest BCUT2D eigenvalue weighted by Crippen LogP contribution is 2.24. The van der Waals surface area contributed by atoms with E-state index in [9.17, 15) is 9.59 Å². The minimum Gasteiger partial charge on any atom is -0.352 e. The van der Waals surface area contributed by atoms with E-state index in [0.29, 0.717) is 13.0 Å². The molecule has 5 heteroatoms. The van der Waals surface area contributed by atoms with Gasteiger partial charge in [-0.2, -0.15) is 0 Å². The molecule has 1 aromatic rings. The third-order valence-electron chi connectivity index (χ3n) is 5.81. The van der Waals surface area contributed by atoms with Crippen LogP contribution in [-0.4, -0.2) is 42.4 Å². The van der Waals surface area contributed by atoms with Crippen molar-refractivity contribution in [1.82, 2.24) is 15.5 Å². The molecule has 2 N–H and O–H groups in total. The zero-order valence-corrected chi connectivity index (χ0v) is 16.7. The van der Waals surface area contributed by atoms with E-state index in [1.807, 2.05) is 6.92 Å². The van der Waals surface area contributed by atoms with Gasteiger partial charge in [0.1, 0.15) is 0 Å². The van der Waals surface area contributed by atoms with Crippen LogP contribution in [0.5, 0.6) is 0 Å². The third-order valence-corrected chi connectivity index (χ3v) is 5.81. The molecule has 0 saturated carbocycles. The van der Waals surface area contributed by atoms with Gasteiger partial charge in [0.15, 0.2) is 0 Å². The van der Waals surface area contributed by atoms with E-state index in [2.05, 4.69) is 40.7 Å². The van der Waals surface area contributed by atoms with Gasteiger partial charge in [0.2, 0.25) is 11.8 Å². The van der Waals surface area contributed by atoms with Crippen molar-refractivity contribution < 1.29 is 9.59 Å². The SMILES string of the molecule is CCC(=O)NC1CCCN(CC(=O)NC(C)c2ccc3c(c2)CCCC3)C1. The first-order chi connectivity index (χ1) is 13.0. The molecule has 2 aliphatic rings. The lowest BCUT2D eigenvalue weighted by molar-refractivity contribution is -0.123. The van der Waals surface area contributed by atoms with E-state index in [1.54, 1.807) is 0 Å². The molecule has 2 atom stereocenters. The monoisotopic (exact) mass is 371 g/mol. The molecular formula is C22H33N3O2. The van der Waals surface area contributed by atoms with Crippen LogP contribution >= 0.6 is 0 Å². The average molecular weight is 372 g/mol. The molecule has 5 nitrogen and oxygen atoms in total. The van der Waals surface area contributed by atoms with Gasteiger partial charge in [0.25, 0.3) is 0 Å². The summed E-state index contributed by atoms with van der Waals surface area (Å²) < 4.78 is 0. The smallest absolute Gasteiger partial charge is 0.234 e. The van der Waals surface area contributed by atoms with E-state index >= 15 is 0 Å². The zero-order chi connectivity index (χ0) is 19.2. The number of nitrogens with zero attached hydrogens (tertiary/aromatic N) is 1. The van der Waals surface area contributed by atoms with Crippen LogP contribution in [0.15, 0.2) is 18.2 Å². The Morgan fingerprint density at radius 1 is 1.15 bits per heavy atom. The number of carbonyl (C=O) groups excluding carboxylic acids is 2. The summed E-state index contributed by atoms with van der Waals surface area (Å²) >= 11 is 0. The van der Waals surface area contributed by atoms with Crippen LogP contribution in [0.1, 0.15) is 68.7 Å². The summed E-state index contributed by atoms with van der Waals surface area (Å²) in [6.45, 7) is 5.99. The molecule has 3 rings (SSSR count). The summed E-state index contributed by atoms with van der Waals surface area (Å²) in [6, 6.07) is 6.85. The van der Waals surface area contributed by atoms with Crippen molar-refractivity contribution in [1.29, 1.82) is 0 Å². The maximum atomic E-state index is 12.5. The first kappa shape index (κ1) is 19.9. The molecule has 0 bridgehead atoms. The van der Waals surface area contributed by atoms with Gasteiger partial charge in [-0.3, -0.25) is 14.5 Å². The van der Waals surface area contributed by atoms with Gasteiger partial charge in [0, 0.05) is 19.0 Å². The van der Waals surface area contributed by atoms with Gasteiger partial charge in [0.05, 0.1) is 12.6 Å². The summed E-state index contributed by atoms with van der Waals surface area (Å²) in [5.41, 5.74) is 4.11. The van der Waals surface area contributed by atoms with Crippen LogP contribution in [0.25, 0.3) is 0 Å². The second kappa shape index (κ2) is 9.36. The van der Waals surface area contributed by atoms with Gasteiger partial charge in [-0.05, 0) is 68.7 Å². The molecule has 1 fully saturated rings. The number of likely N-dealkylation sites (tertiary alicyclic amines) is 1. The Hall–Kier alpha value is -1.88. The van der Waals surface area contributed by atoms with Gasteiger partial charge in [-0.15, -0.1) is 0 Å². The Morgan fingerprint density at radius 3 is 2.70 bits per heavy atom. The normalized spacial score (nSPS) is 21.2. The van der Waals surface area contributed by atoms with Crippen LogP contribution in [0.3, 0.4) is 0 Å². The van der Waals surface area contributed by atoms with E-state index in [0.717, 1.165) is 32.4 Å². The highest BCUT2D eigenvalue weighted by Gasteiger charge is 2.23. The highest BCUT2D eigenvalue weighted by molar-refractivity contribution is 5.78. The standard InChI is InChI=1S/C22H33N3O2/c1-3-21(26)24-20-9-6-12-25(14-20)15-22(27)23-16(2)18-11-10-17-7-4-5-8-19(17)13-18/h10-11,13,16,20H,3-9,12,14-15H2,1-2H3,(H,23,27)(H,24,26). The van der Waals surface area contributed by atoms with Crippen LogP contribution in [-0.2, 0) is 22.4 Å². The molecule has 2 amide bonds. The van der Waals surface area contributed by atoms with Gasteiger partial charge in [-0.1, -0.05) is 25.1 Å². The van der Waals surface area contributed by atoms with Crippen molar-refractivity contribution in [2.45, 2.75) is 70.9 Å². The molecular weight excluding hydrogens is 338 g/mol. The molecule has 0 spiro atoms. The quantitative estimate of drug-likeness (QED) is 0.808. The number of rotatable bonds is 6. The topological polar surface area (TPSA) is 61.4 Å².